The molecule has 0 saturated heterocycles. The second-order valence-corrected chi connectivity index (χ2v) is 4.92. The maximum absolute atomic E-state index is 12.4. The van der Waals surface area contributed by atoms with Crippen molar-refractivity contribution < 1.29 is 27.5 Å². The zero-order valence-corrected chi connectivity index (χ0v) is 11.6. The van der Waals surface area contributed by atoms with Crippen molar-refractivity contribution in [3.05, 3.63) is 39.7 Å². The number of benzene rings is 1. The molecular formula is C12H6Cl2F3NO3. The first kappa shape index (κ1) is 15.7. The molecule has 9 heteroatoms. The lowest BCUT2D eigenvalue weighted by molar-refractivity contribution is -0.130. The molecule has 0 radical (unpaired) electrons. The number of alkyl halides is 3. The summed E-state index contributed by atoms with van der Waals surface area (Å²) in [6.07, 6.45) is -6.15. The van der Waals surface area contributed by atoms with E-state index in [1.165, 1.54) is 18.2 Å². The summed E-state index contributed by atoms with van der Waals surface area (Å²) >= 11 is 11.5. The van der Waals surface area contributed by atoms with Gasteiger partial charge in [0.1, 0.15) is 12.2 Å². The smallest absolute Gasteiger partial charge is 0.396 e. The molecular weight excluding hydrogens is 334 g/mol. The highest BCUT2D eigenvalue weighted by atomic mass is 35.5. The van der Waals surface area contributed by atoms with Crippen LogP contribution in [-0.2, 0) is 6.42 Å². The Morgan fingerprint density at radius 3 is 2.29 bits per heavy atom. The van der Waals surface area contributed by atoms with Gasteiger partial charge in [0.15, 0.2) is 5.69 Å². The van der Waals surface area contributed by atoms with E-state index in [2.05, 4.69) is 4.98 Å². The van der Waals surface area contributed by atoms with Crippen molar-refractivity contribution in [1.29, 1.82) is 0 Å². The monoisotopic (exact) mass is 339 g/mol. The summed E-state index contributed by atoms with van der Waals surface area (Å²) < 4.78 is 42.1. The maximum atomic E-state index is 12.4. The standard InChI is InChI=1S/C12H6Cl2F3NO3/c13-6-1-5(2-7(14)3-6)10-18-9(11(19)20)8(21-10)4-12(15,16)17/h1-3H,4H2,(H,19,20). The van der Waals surface area contributed by atoms with Gasteiger partial charge >= 0.3 is 12.1 Å². The van der Waals surface area contributed by atoms with E-state index in [-0.39, 0.29) is 21.5 Å². The number of carbonyl (C=O) groups is 1. The van der Waals surface area contributed by atoms with E-state index in [0.29, 0.717) is 0 Å². The Labute approximate surface area is 126 Å². The quantitative estimate of drug-likeness (QED) is 0.897. The molecule has 1 N–H and O–H groups in total. The van der Waals surface area contributed by atoms with E-state index in [4.69, 9.17) is 32.7 Å². The Hall–Kier alpha value is -1.73. The SMILES string of the molecule is O=C(O)c1nc(-c2cc(Cl)cc(Cl)c2)oc1CC(F)(F)F. The molecule has 1 heterocycles. The number of carboxylic acids is 1. The van der Waals surface area contributed by atoms with Crippen LogP contribution in [0.4, 0.5) is 13.2 Å². The van der Waals surface area contributed by atoms with Gasteiger partial charge in [0, 0.05) is 15.6 Å². The van der Waals surface area contributed by atoms with E-state index in [1.807, 2.05) is 0 Å². The topological polar surface area (TPSA) is 63.3 Å². The minimum atomic E-state index is -4.62. The van der Waals surface area contributed by atoms with Gasteiger partial charge in [-0.2, -0.15) is 13.2 Å². The minimum absolute atomic E-state index is 0.184. The Morgan fingerprint density at radius 1 is 1.24 bits per heavy atom. The summed E-state index contributed by atoms with van der Waals surface area (Å²) in [7, 11) is 0. The van der Waals surface area contributed by atoms with E-state index in [0.717, 1.165) is 0 Å². The predicted molar refractivity (Wildman–Crippen MR) is 68.7 cm³/mol. The van der Waals surface area contributed by atoms with Crippen LogP contribution < -0.4 is 0 Å². The fourth-order valence-corrected chi connectivity index (χ4v) is 2.15. The lowest BCUT2D eigenvalue weighted by atomic mass is 10.2. The van der Waals surface area contributed by atoms with Crippen LogP contribution >= 0.6 is 23.2 Å². The number of oxazole rings is 1. The van der Waals surface area contributed by atoms with E-state index < -0.39 is 30.0 Å². The number of carboxylic acid groups (broad SMARTS) is 1. The third kappa shape index (κ3) is 3.89. The molecule has 2 aromatic rings. The van der Waals surface area contributed by atoms with Gasteiger partial charge in [-0.3, -0.25) is 0 Å². The lowest BCUT2D eigenvalue weighted by Gasteiger charge is -2.03. The Morgan fingerprint density at radius 2 is 1.81 bits per heavy atom. The van der Waals surface area contributed by atoms with Gasteiger partial charge in [-0.1, -0.05) is 23.2 Å². The van der Waals surface area contributed by atoms with Crippen LogP contribution in [0.15, 0.2) is 22.6 Å². The summed E-state index contributed by atoms with van der Waals surface area (Å²) in [5, 5.41) is 9.32. The number of hydrogen-bond donors (Lipinski definition) is 1. The molecule has 0 atom stereocenters. The zero-order chi connectivity index (χ0) is 15.8. The van der Waals surface area contributed by atoms with Crippen molar-refractivity contribution in [1.82, 2.24) is 4.98 Å². The largest absolute Gasteiger partial charge is 0.476 e. The summed E-state index contributed by atoms with van der Waals surface area (Å²) in [5.41, 5.74) is -0.609. The second kappa shape index (κ2) is 5.57. The first-order valence-corrected chi connectivity index (χ1v) is 6.17. The molecule has 0 amide bonds. The van der Waals surface area contributed by atoms with Crippen molar-refractivity contribution >= 4 is 29.2 Å². The van der Waals surface area contributed by atoms with Crippen molar-refractivity contribution in [2.45, 2.75) is 12.6 Å². The van der Waals surface area contributed by atoms with Crippen LogP contribution in [0.2, 0.25) is 10.0 Å². The third-order valence-electron chi connectivity index (χ3n) is 2.37. The molecule has 0 saturated carbocycles. The van der Waals surface area contributed by atoms with Crippen molar-refractivity contribution in [2.24, 2.45) is 0 Å². The molecule has 112 valence electrons. The maximum Gasteiger partial charge on any atom is 0.396 e. The number of aromatic carboxylic acids is 1. The highest BCUT2D eigenvalue weighted by molar-refractivity contribution is 6.35. The Balaban J connectivity index is 2.50. The van der Waals surface area contributed by atoms with Gasteiger partial charge in [0.2, 0.25) is 5.89 Å². The number of nitrogens with zero attached hydrogens (tertiary/aromatic N) is 1. The van der Waals surface area contributed by atoms with Crippen LogP contribution in [-0.4, -0.2) is 22.2 Å². The third-order valence-corrected chi connectivity index (χ3v) is 2.81. The summed E-state index contributed by atoms with van der Waals surface area (Å²) in [6.45, 7) is 0. The molecule has 1 aromatic heterocycles. The van der Waals surface area contributed by atoms with E-state index in [9.17, 15) is 18.0 Å². The minimum Gasteiger partial charge on any atom is -0.476 e. The molecule has 4 nitrogen and oxygen atoms in total. The lowest BCUT2D eigenvalue weighted by Crippen LogP contribution is -2.13. The molecule has 2 rings (SSSR count). The van der Waals surface area contributed by atoms with Gasteiger partial charge in [-0.25, -0.2) is 9.78 Å². The highest BCUT2D eigenvalue weighted by Crippen LogP contribution is 2.31. The van der Waals surface area contributed by atoms with Crippen LogP contribution in [0, 0.1) is 0 Å². The summed E-state index contributed by atoms with van der Waals surface area (Å²) in [5.74, 6) is -2.69. The number of aromatic nitrogens is 1. The van der Waals surface area contributed by atoms with Crippen LogP contribution in [0.25, 0.3) is 11.5 Å². The fourth-order valence-electron chi connectivity index (χ4n) is 1.62. The second-order valence-electron chi connectivity index (χ2n) is 4.05. The zero-order valence-electron chi connectivity index (χ0n) is 10.0. The molecule has 0 aliphatic carbocycles. The fraction of sp³-hybridized carbons (Fsp3) is 0.167. The van der Waals surface area contributed by atoms with Crippen molar-refractivity contribution in [2.75, 3.05) is 0 Å². The molecule has 1 aromatic carbocycles. The van der Waals surface area contributed by atoms with Gasteiger partial charge in [-0.05, 0) is 18.2 Å². The molecule has 0 bridgehead atoms. The van der Waals surface area contributed by atoms with Crippen molar-refractivity contribution in [3.8, 4) is 11.5 Å². The Kier molecular flexibility index (Phi) is 4.15. The van der Waals surface area contributed by atoms with E-state index >= 15 is 0 Å². The first-order chi connectivity index (χ1) is 9.65. The normalized spacial score (nSPS) is 11.7. The van der Waals surface area contributed by atoms with Crippen LogP contribution in [0.5, 0.6) is 0 Å². The average Bonchev–Trinajstić information content (AvgIpc) is 2.69. The Bertz CT molecular complexity index is 677. The number of rotatable bonds is 3. The van der Waals surface area contributed by atoms with Crippen LogP contribution in [0.1, 0.15) is 16.2 Å². The molecule has 0 fully saturated rings. The number of halogens is 5. The molecule has 0 aliphatic rings. The molecule has 21 heavy (non-hydrogen) atoms. The summed E-state index contributed by atoms with van der Waals surface area (Å²) in [6, 6.07) is 4.11. The molecule has 0 unspecified atom stereocenters. The van der Waals surface area contributed by atoms with Gasteiger partial charge in [-0.15, -0.1) is 0 Å². The first-order valence-electron chi connectivity index (χ1n) is 5.42. The molecule has 0 aliphatic heterocycles. The highest BCUT2D eigenvalue weighted by Gasteiger charge is 2.34. The van der Waals surface area contributed by atoms with Gasteiger partial charge in [0.25, 0.3) is 0 Å². The summed E-state index contributed by atoms with van der Waals surface area (Å²) in [4.78, 5) is 14.5. The van der Waals surface area contributed by atoms with Gasteiger partial charge in [0.05, 0.1) is 0 Å². The average molecular weight is 340 g/mol. The number of hydrogen-bond acceptors (Lipinski definition) is 3. The van der Waals surface area contributed by atoms with E-state index in [1.54, 1.807) is 0 Å². The molecule has 0 spiro atoms. The predicted octanol–water partition coefficient (Wildman–Crippen LogP) is 4.45. The van der Waals surface area contributed by atoms with Crippen LogP contribution in [0.3, 0.4) is 0 Å². The van der Waals surface area contributed by atoms with Gasteiger partial charge < -0.3 is 9.52 Å². The van der Waals surface area contributed by atoms with Crippen molar-refractivity contribution in [3.63, 3.8) is 0 Å².